The molecule has 0 radical (unpaired) electrons. The molecule has 0 saturated carbocycles. The standard InChI is InChI=1S/C12H21N3O4/c1-12(2,7-10(17)18)13-11(19)15-6-4-5-14(3)9(16)8-15/h4-8H2,1-3H3,(H,13,19)(H,17,18). The molecule has 19 heavy (non-hydrogen) atoms. The van der Waals surface area contributed by atoms with E-state index in [0.717, 1.165) is 6.42 Å². The Kier molecular flexibility index (Phi) is 4.74. The first-order valence-corrected chi connectivity index (χ1v) is 6.24. The fraction of sp³-hybridized carbons (Fsp3) is 0.750. The van der Waals surface area contributed by atoms with E-state index in [2.05, 4.69) is 5.32 Å². The summed E-state index contributed by atoms with van der Waals surface area (Å²) in [4.78, 5) is 37.4. The minimum Gasteiger partial charge on any atom is -0.481 e. The number of carbonyl (C=O) groups is 3. The highest BCUT2D eigenvalue weighted by Gasteiger charge is 2.28. The van der Waals surface area contributed by atoms with Gasteiger partial charge in [-0.3, -0.25) is 9.59 Å². The summed E-state index contributed by atoms with van der Waals surface area (Å²) < 4.78 is 0. The van der Waals surface area contributed by atoms with E-state index >= 15 is 0 Å². The molecule has 0 aromatic rings. The third kappa shape index (κ3) is 4.76. The number of nitrogens with zero attached hydrogens (tertiary/aromatic N) is 2. The zero-order valence-corrected chi connectivity index (χ0v) is 11.6. The topological polar surface area (TPSA) is 89.9 Å². The van der Waals surface area contributed by atoms with Crippen LogP contribution in [0.5, 0.6) is 0 Å². The molecule has 0 bridgehead atoms. The van der Waals surface area contributed by atoms with Crippen molar-refractivity contribution in [3.63, 3.8) is 0 Å². The number of urea groups is 1. The van der Waals surface area contributed by atoms with Crippen LogP contribution in [0.2, 0.25) is 0 Å². The summed E-state index contributed by atoms with van der Waals surface area (Å²) in [5, 5.41) is 11.4. The van der Waals surface area contributed by atoms with Gasteiger partial charge in [0.15, 0.2) is 0 Å². The van der Waals surface area contributed by atoms with Crippen LogP contribution in [0.4, 0.5) is 4.79 Å². The third-order valence-electron chi connectivity index (χ3n) is 3.00. The normalized spacial score (nSPS) is 17.1. The van der Waals surface area contributed by atoms with Gasteiger partial charge in [-0.05, 0) is 20.3 Å². The summed E-state index contributed by atoms with van der Waals surface area (Å²) in [5.41, 5.74) is -0.843. The van der Waals surface area contributed by atoms with Crippen LogP contribution in [0.3, 0.4) is 0 Å². The molecule has 2 N–H and O–H groups in total. The SMILES string of the molecule is CN1CCCN(C(=O)NC(C)(C)CC(=O)O)CC1=O. The Morgan fingerprint density at radius 1 is 1.37 bits per heavy atom. The van der Waals surface area contributed by atoms with E-state index in [4.69, 9.17) is 5.11 Å². The fourth-order valence-electron chi connectivity index (χ4n) is 1.95. The van der Waals surface area contributed by atoms with Gasteiger partial charge in [0, 0.05) is 25.7 Å². The summed E-state index contributed by atoms with van der Waals surface area (Å²) in [5.74, 6) is -1.08. The number of hydrogen-bond donors (Lipinski definition) is 2. The van der Waals surface area contributed by atoms with Gasteiger partial charge < -0.3 is 20.2 Å². The second-order valence-corrected chi connectivity index (χ2v) is 5.47. The smallest absolute Gasteiger partial charge is 0.318 e. The Morgan fingerprint density at radius 2 is 2.00 bits per heavy atom. The summed E-state index contributed by atoms with van der Waals surface area (Å²) in [6.45, 7) is 4.44. The van der Waals surface area contributed by atoms with Gasteiger partial charge in [0.2, 0.25) is 5.91 Å². The highest BCUT2D eigenvalue weighted by Crippen LogP contribution is 2.10. The summed E-state index contributed by atoms with van der Waals surface area (Å²) >= 11 is 0. The second kappa shape index (κ2) is 5.90. The monoisotopic (exact) mass is 271 g/mol. The van der Waals surface area contributed by atoms with E-state index in [9.17, 15) is 14.4 Å². The molecule has 1 aliphatic heterocycles. The molecule has 0 unspecified atom stereocenters. The van der Waals surface area contributed by atoms with Crippen molar-refractivity contribution in [1.29, 1.82) is 0 Å². The zero-order chi connectivity index (χ0) is 14.6. The average Bonchev–Trinajstić information content (AvgIpc) is 2.39. The Morgan fingerprint density at radius 3 is 2.58 bits per heavy atom. The molecule has 0 aromatic heterocycles. The maximum Gasteiger partial charge on any atom is 0.318 e. The predicted octanol–water partition coefficient (Wildman–Crippen LogP) is 0.113. The van der Waals surface area contributed by atoms with Crippen LogP contribution in [0.15, 0.2) is 0 Å². The lowest BCUT2D eigenvalue weighted by Crippen LogP contribution is -2.52. The van der Waals surface area contributed by atoms with Gasteiger partial charge in [0.25, 0.3) is 0 Å². The molecule has 1 fully saturated rings. The molecule has 1 aliphatic rings. The molecule has 108 valence electrons. The van der Waals surface area contributed by atoms with Crippen LogP contribution in [0, 0.1) is 0 Å². The van der Waals surface area contributed by atoms with Gasteiger partial charge in [-0.15, -0.1) is 0 Å². The molecule has 1 rings (SSSR count). The van der Waals surface area contributed by atoms with Crippen LogP contribution in [0.25, 0.3) is 0 Å². The number of hydrogen-bond acceptors (Lipinski definition) is 3. The minimum atomic E-state index is -0.975. The Labute approximate surface area is 112 Å². The van der Waals surface area contributed by atoms with Crippen molar-refractivity contribution in [2.75, 3.05) is 26.7 Å². The van der Waals surface area contributed by atoms with E-state index in [1.807, 2.05) is 0 Å². The van der Waals surface area contributed by atoms with E-state index in [0.29, 0.717) is 13.1 Å². The quantitative estimate of drug-likeness (QED) is 0.762. The molecule has 1 heterocycles. The fourth-order valence-corrected chi connectivity index (χ4v) is 1.95. The number of carboxylic acids is 1. The molecule has 0 aromatic carbocycles. The first-order chi connectivity index (χ1) is 8.71. The molecule has 1 saturated heterocycles. The maximum absolute atomic E-state index is 12.1. The van der Waals surface area contributed by atoms with Gasteiger partial charge in [0.1, 0.15) is 6.54 Å². The maximum atomic E-state index is 12.1. The van der Waals surface area contributed by atoms with Crippen LogP contribution in [-0.2, 0) is 9.59 Å². The van der Waals surface area contributed by atoms with Crippen molar-refractivity contribution in [1.82, 2.24) is 15.1 Å². The average molecular weight is 271 g/mol. The van der Waals surface area contributed by atoms with Crippen molar-refractivity contribution < 1.29 is 19.5 Å². The number of carbonyl (C=O) groups excluding carboxylic acids is 2. The van der Waals surface area contributed by atoms with E-state index in [1.165, 1.54) is 4.90 Å². The zero-order valence-electron chi connectivity index (χ0n) is 11.6. The lowest BCUT2D eigenvalue weighted by molar-refractivity contribution is -0.138. The van der Waals surface area contributed by atoms with Gasteiger partial charge in [-0.25, -0.2) is 4.79 Å². The van der Waals surface area contributed by atoms with Crippen LogP contribution in [0.1, 0.15) is 26.7 Å². The first-order valence-electron chi connectivity index (χ1n) is 6.24. The van der Waals surface area contributed by atoms with Crippen LogP contribution >= 0.6 is 0 Å². The molecule has 0 spiro atoms. The number of nitrogens with one attached hydrogen (secondary N) is 1. The number of likely N-dealkylation sites (N-methyl/N-ethyl adjacent to an activating group) is 1. The van der Waals surface area contributed by atoms with Crippen molar-refractivity contribution in [3.05, 3.63) is 0 Å². The third-order valence-corrected chi connectivity index (χ3v) is 3.00. The Hall–Kier alpha value is -1.79. The molecular weight excluding hydrogens is 250 g/mol. The predicted molar refractivity (Wildman–Crippen MR) is 68.7 cm³/mol. The number of amides is 3. The van der Waals surface area contributed by atoms with Crippen molar-refractivity contribution in [2.24, 2.45) is 0 Å². The lowest BCUT2D eigenvalue weighted by atomic mass is 10.0. The summed E-state index contributed by atoms with van der Waals surface area (Å²) in [6, 6.07) is -0.394. The number of carboxylic acid groups (broad SMARTS) is 1. The Balaban J connectivity index is 2.62. The molecular formula is C12H21N3O4. The van der Waals surface area contributed by atoms with Crippen molar-refractivity contribution >= 4 is 17.9 Å². The highest BCUT2D eigenvalue weighted by molar-refractivity contribution is 5.85. The molecule has 3 amide bonds. The minimum absolute atomic E-state index is 0.0332. The highest BCUT2D eigenvalue weighted by atomic mass is 16.4. The van der Waals surface area contributed by atoms with E-state index in [1.54, 1.807) is 25.8 Å². The van der Waals surface area contributed by atoms with Gasteiger partial charge in [0.05, 0.1) is 6.42 Å². The van der Waals surface area contributed by atoms with Gasteiger partial charge in [-0.2, -0.15) is 0 Å². The molecule has 0 aliphatic carbocycles. The van der Waals surface area contributed by atoms with Crippen molar-refractivity contribution in [3.8, 4) is 0 Å². The number of aliphatic carboxylic acids is 1. The molecule has 0 atom stereocenters. The molecule has 7 heteroatoms. The van der Waals surface area contributed by atoms with E-state index < -0.39 is 17.5 Å². The Bertz CT molecular complexity index is 381. The largest absolute Gasteiger partial charge is 0.481 e. The van der Waals surface area contributed by atoms with Crippen molar-refractivity contribution in [2.45, 2.75) is 32.2 Å². The lowest BCUT2D eigenvalue weighted by Gasteiger charge is -2.29. The van der Waals surface area contributed by atoms with Crippen LogP contribution in [-0.4, -0.2) is 65.0 Å². The summed E-state index contributed by atoms with van der Waals surface area (Å²) in [6.07, 6.45) is 0.551. The second-order valence-electron chi connectivity index (χ2n) is 5.47. The summed E-state index contributed by atoms with van der Waals surface area (Å²) in [7, 11) is 1.71. The van der Waals surface area contributed by atoms with E-state index in [-0.39, 0.29) is 18.9 Å². The van der Waals surface area contributed by atoms with Crippen LogP contribution < -0.4 is 5.32 Å². The van der Waals surface area contributed by atoms with Gasteiger partial charge in [-0.1, -0.05) is 0 Å². The first kappa shape index (κ1) is 15.3. The van der Waals surface area contributed by atoms with Gasteiger partial charge >= 0.3 is 12.0 Å². The number of rotatable bonds is 3. The molecule has 7 nitrogen and oxygen atoms in total.